The Bertz CT molecular complexity index is 1310. The monoisotopic (exact) mass is 578 g/mol. The molecule has 0 spiro atoms. The molecule has 0 radical (unpaired) electrons. The fourth-order valence-electron chi connectivity index (χ4n) is 3.95. The summed E-state index contributed by atoms with van der Waals surface area (Å²) in [6.45, 7) is 2.67. The van der Waals surface area contributed by atoms with Gasteiger partial charge in [0, 0.05) is 24.2 Å². The maximum atomic E-state index is 14.0. The van der Waals surface area contributed by atoms with Crippen LogP contribution in [-0.4, -0.2) is 54.6 Å². The number of nitrogens with one attached hydrogen (secondary N) is 4. The number of para-hydroxylation sites is 1. The third-order valence-electron chi connectivity index (χ3n) is 6.08. The summed E-state index contributed by atoms with van der Waals surface area (Å²) in [6, 6.07) is 5.11. The van der Waals surface area contributed by atoms with Crippen LogP contribution in [0.25, 0.3) is 0 Å². The van der Waals surface area contributed by atoms with E-state index in [1.54, 1.807) is 18.2 Å². The average molecular weight is 579 g/mol. The summed E-state index contributed by atoms with van der Waals surface area (Å²) in [5.74, 6) is -14.0. The molecule has 10 nitrogen and oxygen atoms in total. The molecule has 4 N–H and O–H groups in total. The molecule has 218 valence electrons. The summed E-state index contributed by atoms with van der Waals surface area (Å²) in [4.78, 5) is 62.9. The van der Waals surface area contributed by atoms with E-state index in [0.717, 1.165) is 0 Å². The SMILES string of the molecule is C=CC[C@H](NC(=O)C(=O)Nc1ccccc1)C(=O)N[C@@H](C[C@@H]1CCNC1=O)C(=O)COc1c(F)c(F)cc(F)c1F. The van der Waals surface area contributed by atoms with Crippen molar-refractivity contribution in [3.63, 3.8) is 0 Å². The molecule has 1 saturated heterocycles. The second-order valence-electron chi connectivity index (χ2n) is 9.00. The summed E-state index contributed by atoms with van der Waals surface area (Å²) < 4.78 is 59.7. The number of Topliss-reactive ketones (excluding diaryl/α,β-unsaturated/α-hetero) is 1. The van der Waals surface area contributed by atoms with Crippen LogP contribution in [0.1, 0.15) is 19.3 Å². The first-order valence-corrected chi connectivity index (χ1v) is 12.4. The maximum absolute atomic E-state index is 14.0. The Labute approximate surface area is 231 Å². The van der Waals surface area contributed by atoms with E-state index in [-0.39, 0.29) is 18.9 Å². The molecule has 1 fully saturated rings. The van der Waals surface area contributed by atoms with Gasteiger partial charge in [-0.3, -0.25) is 24.0 Å². The van der Waals surface area contributed by atoms with Crippen molar-refractivity contribution < 1.29 is 46.3 Å². The predicted octanol–water partition coefficient (Wildman–Crippen LogP) is 1.90. The van der Waals surface area contributed by atoms with Gasteiger partial charge in [-0.1, -0.05) is 24.3 Å². The highest BCUT2D eigenvalue weighted by atomic mass is 19.2. The number of ether oxygens (including phenoxy) is 1. The maximum Gasteiger partial charge on any atom is 0.313 e. The molecule has 1 aliphatic rings. The first-order chi connectivity index (χ1) is 19.5. The molecule has 0 unspecified atom stereocenters. The van der Waals surface area contributed by atoms with E-state index >= 15 is 0 Å². The standard InChI is InChI=1S/C27H26F4N4O6/c1-2-6-18(34-27(40)26(39)33-15-7-4-3-5-8-15)25(38)35-19(11-14-9-10-32-24(14)37)20(36)13-41-23-21(30)16(28)12-17(29)22(23)31/h2-5,7-8,12,14,18-19H,1,6,9-11,13H2,(H,32,37)(H,33,39)(H,34,40)(H,35,38)/t14-,18-,19-/m0/s1. The van der Waals surface area contributed by atoms with Crippen LogP contribution in [0.4, 0.5) is 23.2 Å². The molecule has 0 saturated carbocycles. The van der Waals surface area contributed by atoms with Gasteiger partial charge in [0.15, 0.2) is 23.2 Å². The second-order valence-corrected chi connectivity index (χ2v) is 9.00. The fraction of sp³-hybridized carbons (Fsp3) is 0.296. The van der Waals surface area contributed by atoms with Crippen LogP contribution in [0.15, 0.2) is 49.1 Å². The Hall–Kier alpha value is -4.75. The van der Waals surface area contributed by atoms with E-state index in [0.29, 0.717) is 18.7 Å². The molecule has 0 bridgehead atoms. The van der Waals surface area contributed by atoms with Crippen molar-refractivity contribution in [1.82, 2.24) is 16.0 Å². The number of carbonyl (C=O) groups is 5. The molecule has 3 rings (SSSR count). The van der Waals surface area contributed by atoms with Crippen LogP contribution in [0.2, 0.25) is 0 Å². The average Bonchev–Trinajstić information content (AvgIpc) is 3.35. The highest BCUT2D eigenvalue weighted by Crippen LogP contribution is 2.26. The van der Waals surface area contributed by atoms with Crippen molar-refractivity contribution in [2.24, 2.45) is 5.92 Å². The van der Waals surface area contributed by atoms with Crippen molar-refractivity contribution in [3.05, 3.63) is 72.3 Å². The molecule has 2 aromatic rings. The van der Waals surface area contributed by atoms with E-state index in [1.807, 2.05) is 0 Å². The van der Waals surface area contributed by atoms with E-state index < -0.39 is 83.0 Å². The van der Waals surface area contributed by atoms with Gasteiger partial charge in [0.25, 0.3) is 0 Å². The van der Waals surface area contributed by atoms with Crippen molar-refractivity contribution in [2.75, 3.05) is 18.5 Å². The third kappa shape index (κ3) is 8.13. The molecule has 2 aromatic carbocycles. The lowest BCUT2D eigenvalue weighted by molar-refractivity contribution is -0.138. The number of amides is 4. The van der Waals surface area contributed by atoms with E-state index in [1.165, 1.54) is 18.2 Å². The van der Waals surface area contributed by atoms with Gasteiger partial charge >= 0.3 is 11.8 Å². The van der Waals surface area contributed by atoms with Crippen LogP contribution in [-0.2, 0) is 24.0 Å². The third-order valence-corrected chi connectivity index (χ3v) is 6.08. The van der Waals surface area contributed by atoms with Gasteiger partial charge < -0.3 is 26.0 Å². The normalized spacial score (nSPS) is 15.7. The summed E-state index contributed by atoms with van der Waals surface area (Å²) in [6.07, 6.45) is 1.15. The molecular formula is C27H26F4N4O6. The predicted molar refractivity (Wildman–Crippen MR) is 136 cm³/mol. The van der Waals surface area contributed by atoms with Gasteiger partial charge in [-0.05, 0) is 31.4 Å². The highest BCUT2D eigenvalue weighted by Gasteiger charge is 2.34. The van der Waals surface area contributed by atoms with Gasteiger partial charge in [0.1, 0.15) is 12.6 Å². The first-order valence-electron chi connectivity index (χ1n) is 12.4. The molecule has 1 aliphatic heterocycles. The van der Waals surface area contributed by atoms with E-state index in [2.05, 4.69) is 27.8 Å². The zero-order valence-electron chi connectivity index (χ0n) is 21.5. The molecule has 14 heteroatoms. The highest BCUT2D eigenvalue weighted by molar-refractivity contribution is 6.40. The Balaban J connectivity index is 1.73. The lowest BCUT2D eigenvalue weighted by Gasteiger charge is -2.23. The Morgan fingerprint density at radius 3 is 2.24 bits per heavy atom. The number of ketones is 1. The van der Waals surface area contributed by atoms with Crippen molar-refractivity contribution in [2.45, 2.75) is 31.3 Å². The van der Waals surface area contributed by atoms with Crippen molar-refractivity contribution >= 4 is 35.1 Å². The minimum Gasteiger partial charge on any atom is -0.479 e. The minimum absolute atomic E-state index is 0.0325. The Morgan fingerprint density at radius 2 is 1.66 bits per heavy atom. The van der Waals surface area contributed by atoms with Gasteiger partial charge in [-0.25, -0.2) is 8.78 Å². The van der Waals surface area contributed by atoms with Gasteiger partial charge in [-0.15, -0.1) is 6.58 Å². The quantitative estimate of drug-likeness (QED) is 0.131. The van der Waals surface area contributed by atoms with E-state index in [9.17, 15) is 41.5 Å². The smallest absolute Gasteiger partial charge is 0.313 e. The number of hydrogen-bond donors (Lipinski definition) is 4. The molecule has 0 aromatic heterocycles. The second kappa shape index (κ2) is 14.1. The largest absolute Gasteiger partial charge is 0.479 e. The number of benzene rings is 2. The molecular weight excluding hydrogens is 552 g/mol. The van der Waals surface area contributed by atoms with Crippen LogP contribution >= 0.6 is 0 Å². The summed E-state index contributed by atoms with van der Waals surface area (Å²) >= 11 is 0. The van der Waals surface area contributed by atoms with Gasteiger partial charge in [0.2, 0.25) is 23.4 Å². The van der Waals surface area contributed by atoms with Crippen molar-refractivity contribution in [3.8, 4) is 5.75 Å². The van der Waals surface area contributed by atoms with E-state index in [4.69, 9.17) is 4.74 Å². The zero-order valence-corrected chi connectivity index (χ0v) is 21.5. The molecule has 3 atom stereocenters. The molecule has 0 aliphatic carbocycles. The Morgan fingerprint density at radius 1 is 1.00 bits per heavy atom. The van der Waals surface area contributed by atoms with Crippen molar-refractivity contribution in [1.29, 1.82) is 0 Å². The first kappa shape index (κ1) is 30.8. The number of anilines is 1. The topological polar surface area (TPSA) is 143 Å². The van der Waals surface area contributed by atoms with Gasteiger partial charge in [0.05, 0.1) is 6.04 Å². The molecule has 4 amide bonds. The fourth-order valence-corrected chi connectivity index (χ4v) is 3.95. The van der Waals surface area contributed by atoms with Crippen LogP contribution in [0, 0.1) is 29.2 Å². The number of rotatable bonds is 12. The summed E-state index contributed by atoms with van der Waals surface area (Å²) in [7, 11) is 0. The lowest BCUT2D eigenvalue weighted by atomic mass is 9.95. The summed E-state index contributed by atoms with van der Waals surface area (Å²) in [5.41, 5.74) is 0.323. The Kier molecular flexibility index (Phi) is 10.6. The lowest BCUT2D eigenvalue weighted by Crippen LogP contribution is -2.54. The summed E-state index contributed by atoms with van der Waals surface area (Å²) in [5, 5.41) is 9.50. The number of hydrogen-bond acceptors (Lipinski definition) is 6. The van der Waals surface area contributed by atoms with Crippen LogP contribution in [0.5, 0.6) is 5.75 Å². The number of halogens is 4. The van der Waals surface area contributed by atoms with Crippen LogP contribution < -0.4 is 26.0 Å². The molecule has 41 heavy (non-hydrogen) atoms. The molecule has 1 heterocycles. The van der Waals surface area contributed by atoms with Crippen LogP contribution in [0.3, 0.4) is 0 Å². The minimum atomic E-state index is -1.87. The number of carbonyl (C=O) groups excluding carboxylic acids is 5. The van der Waals surface area contributed by atoms with Gasteiger partial charge in [-0.2, -0.15) is 8.78 Å². The zero-order chi connectivity index (χ0) is 30.1.